The zero-order valence-electron chi connectivity index (χ0n) is 12.5. The van der Waals surface area contributed by atoms with E-state index in [4.69, 9.17) is 9.47 Å². The summed E-state index contributed by atoms with van der Waals surface area (Å²) in [7, 11) is 0. The number of aliphatic hydroxyl groups is 4. The summed E-state index contributed by atoms with van der Waals surface area (Å²) in [5.41, 5.74) is -2.57. The Hall–Kier alpha value is -1.25. The lowest BCUT2D eigenvalue weighted by atomic mass is 9.83. The van der Waals surface area contributed by atoms with Crippen LogP contribution in [0.5, 0.6) is 0 Å². The molecule has 4 N–H and O–H groups in total. The molecule has 1 fully saturated rings. The Morgan fingerprint density at radius 2 is 2.00 bits per heavy atom. The molecule has 0 amide bonds. The number of esters is 1. The molecule has 0 aromatic rings. The van der Waals surface area contributed by atoms with Gasteiger partial charge in [0.2, 0.25) is 0 Å². The lowest BCUT2D eigenvalue weighted by molar-refractivity contribution is -0.297. The van der Waals surface area contributed by atoms with Gasteiger partial charge in [-0.3, -0.25) is 0 Å². The first kappa shape index (κ1) is 15.6. The van der Waals surface area contributed by atoms with Crippen LogP contribution in [0.2, 0.25) is 0 Å². The summed E-state index contributed by atoms with van der Waals surface area (Å²) in [6.45, 7) is 2.50. The molecule has 0 saturated carbocycles. The molecule has 0 aliphatic carbocycles. The number of hydrogen-bond acceptors (Lipinski definition) is 7. The molecule has 0 aromatic heterocycles. The Morgan fingerprint density at radius 3 is 2.64 bits per heavy atom. The largest absolute Gasteiger partial charge is 0.423 e. The number of aliphatic hydroxyl groups excluding tert-OH is 2. The van der Waals surface area contributed by atoms with E-state index in [0.717, 1.165) is 0 Å². The molecule has 2 bridgehead atoms. The third-order valence-corrected chi connectivity index (χ3v) is 4.76. The fourth-order valence-electron chi connectivity index (χ4n) is 3.40. The molecule has 7 heteroatoms. The molecule has 7 nitrogen and oxygen atoms in total. The molecule has 22 heavy (non-hydrogen) atoms. The van der Waals surface area contributed by atoms with Crippen molar-refractivity contribution in [2.75, 3.05) is 6.61 Å². The van der Waals surface area contributed by atoms with E-state index in [1.807, 2.05) is 0 Å². The maximum atomic E-state index is 11.8. The van der Waals surface area contributed by atoms with Crippen LogP contribution >= 0.6 is 0 Å². The molecule has 3 aliphatic heterocycles. The first-order valence-electron chi connectivity index (χ1n) is 7.23. The molecule has 3 aliphatic rings. The summed E-state index contributed by atoms with van der Waals surface area (Å²) < 4.78 is 10.8. The smallest absolute Gasteiger partial charge is 0.342 e. The fourth-order valence-corrected chi connectivity index (χ4v) is 3.40. The van der Waals surface area contributed by atoms with Crippen LogP contribution in [-0.4, -0.2) is 56.1 Å². The third-order valence-electron chi connectivity index (χ3n) is 4.76. The highest BCUT2D eigenvalue weighted by atomic mass is 16.7. The molecule has 122 valence electrons. The van der Waals surface area contributed by atoms with Crippen molar-refractivity contribution in [3.8, 4) is 0 Å². The van der Waals surface area contributed by atoms with E-state index >= 15 is 0 Å². The van der Waals surface area contributed by atoms with Gasteiger partial charge in [-0.25, -0.2) is 4.79 Å². The molecule has 3 rings (SSSR count). The number of rotatable bonds is 1. The van der Waals surface area contributed by atoms with Gasteiger partial charge in [-0.1, -0.05) is 0 Å². The number of hydrogen-bond donors (Lipinski definition) is 4. The Labute approximate surface area is 127 Å². The van der Waals surface area contributed by atoms with Gasteiger partial charge in [-0.05, 0) is 26.3 Å². The topological polar surface area (TPSA) is 116 Å². The van der Waals surface area contributed by atoms with Crippen molar-refractivity contribution in [1.29, 1.82) is 0 Å². The van der Waals surface area contributed by atoms with Crippen LogP contribution in [0, 0.1) is 0 Å². The predicted molar refractivity (Wildman–Crippen MR) is 73.2 cm³/mol. The molecule has 0 spiro atoms. The zero-order valence-corrected chi connectivity index (χ0v) is 12.5. The molecule has 0 aromatic carbocycles. The summed E-state index contributed by atoms with van der Waals surface area (Å²) in [6, 6.07) is 0. The maximum Gasteiger partial charge on any atom is 0.342 e. The highest BCUT2D eigenvalue weighted by molar-refractivity contribution is 5.95. The number of carbonyl (C=O) groups is 1. The van der Waals surface area contributed by atoms with Crippen LogP contribution in [0.4, 0.5) is 0 Å². The van der Waals surface area contributed by atoms with Crippen molar-refractivity contribution in [2.24, 2.45) is 0 Å². The minimum atomic E-state index is -1.80. The van der Waals surface area contributed by atoms with E-state index in [1.165, 1.54) is 13.0 Å². The zero-order chi connectivity index (χ0) is 16.3. The van der Waals surface area contributed by atoms with Gasteiger partial charge in [0.05, 0.1) is 23.9 Å². The highest BCUT2D eigenvalue weighted by Crippen LogP contribution is 2.48. The van der Waals surface area contributed by atoms with Crippen LogP contribution in [0.1, 0.15) is 33.1 Å². The predicted octanol–water partition coefficient (Wildman–Crippen LogP) is -0.511. The molecular formula is C15H20O7. The maximum absolute atomic E-state index is 11.8. The van der Waals surface area contributed by atoms with Gasteiger partial charge < -0.3 is 29.9 Å². The van der Waals surface area contributed by atoms with Crippen LogP contribution in [0.3, 0.4) is 0 Å². The quantitative estimate of drug-likeness (QED) is 0.482. The Balaban J connectivity index is 2.17. The molecule has 3 heterocycles. The van der Waals surface area contributed by atoms with E-state index in [9.17, 15) is 25.2 Å². The monoisotopic (exact) mass is 312 g/mol. The Bertz CT molecular complexity index is 591. The van der Waals surface area contributed by atoms with Crippen molar-refractivity contribution in [3.05, 3.63) is 23.0 Å². The Kier molecular flexibility index (Phi) is 3.29. The van der Waals surface area contributed by atoms with Crippen molar-refractivity contribution >= 4 is 5.97 Å². The second kappa shape index (κ2) is 4.62. The van der Waals surface area contributed by atoms with Crippen LogP contribution in [-0.2, 0) is 14.3 Å². The minimum Gasteiger partial charge on any atom is -0.423 e. The molecule has 0 unspecified atom stereocenters. The average molecular weight is 312 g/mol. The second-order valence-electron chi connectivity index (χ2n) is 6.64. The van der Waals surface area contributed by atoms with Gasteiger partial charge in [0.15, 0.2) is 5.79 Å². The fraction of sp³-hybridized carbons (Fsp3) is 0.667. The summed E-state index contributed by atoms with van der Waals surface area (Å²) in [4.78, 5) is 11.8. The van der Waals surface area contributed by atoms with E-state index in [-0.39, 0.29) is 29.7 Å². The number of ether oxygens (including phenoxy) is 2. The van der Waals surface area contributed by atoms with Crippen molar-refractivity contribution in [3.63, 3.8) is 0 Å². The molecule has 1 saturated heterocycles. The van der Waals surface area contributed by atoms with Gasteiger partial charge in [0.1, 0.15) is 11.4 Å². The first-order chi connectivity index (χ1) is 10.1. The average Bonchev–Trinajstić information content (AvgIpc) is 2.87. The molecule has 0 radical (unpaired) electrons. The van der Waals surface area contributed by atoms with Gasteiger partial charge in [0.25, 0.3) is 0 Å². The van der Waals surface area contributed by atoms with Crippen molar-refractivity contribution in [2.45, 2.75) is 56.2 Å². The van der Waals surface area contributed by atoms with Gasteiger partial charge in [-0.15, -0.1) is 0 Å². The van der Waals surface area contributed by atoms with Crippen LogP contribution in [0.15, 0.2) is 23.0 Å². The van der Waals surface area contributed by atoms with Gasteiger partial charge in [-0.2, -0.15) is 0 Å². The SMILES string of the molecule is C[C@]1(O)C[C@H](O)C2=C(CO)C(=O)O/C2=C/[C@]2(C)CC[C@@]1(O)O2. The third kappa shape index (κ3) is 2.12. The van der Waals surface area contributed by atoms with Crippen molar-refractivity contribution in [1.82, 2.24) is 0 Å². The van der Waals surface area contributed by atoms with Crippen molar-refractivity contribution < 1.29 is 34.7 Å². The summed E-state index contributed by atoms with van der Waals surface area (Å²) in [5, 5.41) is 41.0. The standard InChI is InChI=1S/C15H20O7/c1-13-3-4-15(20,22-13)14(2,19)5-9(17)11-8(7-16)12(18)21-10(11)6-13/h6,9,16-17,19-20H,3-5,7H2,1-2H3/b10-6+/t9-,13-,14-,15+/m0/s1. The minimum absolute atomic E-state index is 0.0390. The van der Waals surface area contributed by atoms with E-state index < -0.39 is 35.7 Å². The molecule has 4 atom stereocenters. The highest BCUT2D eigenvalue weighted by Gasteiger charge is 2.57. The number of fused-ring (bicyclic) bond motifs is 3. The van der Waals surface area contributed by atoms with Gasteiger partial charge >= 0.3 is 5.97 Å². The first-order valence-corrected chi connectivity index (χ1v) is 7.23. The lowest BCUT2D eigenvalue weighted by Gasteiger charge is -2.39. The summed E-state index contributed by atoms with van der Waals surface area (Å²) in [5.74, 6) is -2.41. The summed E-state index contributed by atoms with van der Waals surface area (Å²) in [6.07, 6.45) is 0.592. The normalized spacial score (nSPS) is 47.3. The van der Waals surface area contributed by atoms with Crippen LogP contribution < -0.4 is 0 Å². The second-order valence-corrected chi connectivity index (χ2v) is 6.64. The van der Waals surface area contributed by atoms with Gasteiger partial charge in [0, 0.05) is 18.4 Å². The van der Waals surface area contributed by atoms with Crippen LogP contribution in [0.25, 0.3) is 0 Å². The Morgan fingerprint density at radius 1 is 1.32 bits per heavy atom. The number of carbonyl (C=O) groups excluding carboxylic acids is 1. The van der Waals surface area contributed by atoms with E-state index in [1.54, 1.807) is 6.92 Å². The lowest BCUT2D eigenvalue weighted by Crippen LogP contribution is -2.54. The molecular weight excluding hydrogens is 292 g/mol. The summed E-state index contributed by atoms with van der Waals surface area (Å²) >= 11 is 0. The van der Waals surface area contributed by atoms with E-state index in [0.29, 0.717) is 6.42 Å². The van der Waals surface area contributed by atoms with E-state index in [2.05, 4.69) is 0 Å².